The van der Waals surface area contributed by atoms with Gasteiger partial charge in [-0.3, -0.25) is 0 Å². The molecule has 2 rings (SSSR count). The second kappa shape index (κ2) is 8.34. The van der Waals surface area contributed by atoms with Crippen LogP contribution in [0.1, 0.15) is 72.1 Å². The van der Waals surface area contributed by atoms with Crippen molar-refractivity contribution in [2.45, 2.75) is 69.2 Å². The third-order valence-corrected chi connectivity index (χ3v) is 6.09. The molecule has 0 saturated heterocycles. The smallest absolute Gasteiger partial charge is 1.00 e. The van der Waals surface area contributed by atoms with Crippen molar-refractivity contribution < 1.29 is 2.85 Å². The minimum Gasteiger partial charge on any atom is -1.00 e. The Labute approximate surface area is 172 Å². The van der Waals surface area contributed by atoms with Gasteiger partial charge in [0.2, 0.25) is 0 Å². The fourth-order valence-corrected chi connectivity index (χ4v) is 3.13. The summed E-state index contributed by atoms with van der Waals surface area (Å²) in [5.41, 5.74) is 12.2. The zero-order valence-corrected chi connectivity index (χ0v) is 19.3. The molecule has 0 aliphatic heterocycles. The van der Waals surface area contributed by atoms with E-state index in [-0.39, 0.29) is 48.3 Å². The van der Waals surface area contributed by atoms with Crippen molar-refractivity contribution in [2.24, 2.45) is 11.8 Å². The molecule has 0 unspecified atom stereocenters. The molecule has 0 fully saturated rings. The molecule has 2 aliphatic carbocycles. The number of hydrogen-bond donors (Lipinski definition) is 0. The minimum atomic E-state index is 0. The summed E-state index contributed by atoms with van der Waals surface area (Å²) in [6, 6.07) is 0. The molecule has 0 N–H and O–H groups in total. The van der Waals surface area contributed by atoms with Crippen LogP contribution in [0.5, 0.6) is 0 Å². The summed E-state index contributed by atoms with van der Waals surface area (Å²) in [5.74, 6) is 1.39. The normalized spacial score (nSPS) is 20.3. The van der Waals surface area contributed by atoms with Crippen LogP contribution in [0.4, 0.5) is 0 Å². The van der Waals surface area contributed by atoms with E-state index in [1.165, 1.54) is 22.3 Å². The molecule has 0 radical (unpaired) electrons. The monoisotopic (exact) mass is 362 g/mol. The molecule has 0 saturated carbocycles. The van der Waals surface area contributed by atoms with Gasteiger partial charge in [-0.2, -0.15) is 0 Å². The third-order valence-electron chi connectivity index (χ3n) is 6.09. The van der Waals surface area contributed by atoms with Crippen LogP contribution in [0.3, 0.4) is 0 Å². The Morgan fingerprint density at radius 1 is 0.476 bits per heavy atom. The van der Waals surface area contributed by atoms with Crippen molar-refractivity contribution in [3.05, 3.63) is 44.6 Å². The average Bonchev–Trinajstić information content (AvgIpc) is 2.71. The Morgan fingerprint density at radius 2 is 0.619 bits per heavy atom. The van der Waals surface area contributed by atoms with E-state index in [1.54, 1.807) is 22.3 Å². The van der Waals surface area contributed by atoms with E-state index in [4.69, 9.17) is 0 Å². The Hall–Kier alpha value is 0.441. The Bertz CT molecular complexity index is 450. The number of rotatable bonds is 0. The quantitative estimate of drug-likeness (QED) is 0.434. The summed E-state index contributed by atoms with van der Waals surface area (Å²) in [5, 5.41) is 0. The first kappa shape index (κ1) is 21.4. The molecule has 21 heavy (non-hydrogen) atoms. The molecule has 0 aromatic rings. The second-order valence-corrected chi connectivity index (χ2v) is 6.68. The van der Waals surface area contributed by atoms with Crippen LogP contribution in [0, 0.1) is 11.8 Å². The molecular formula is C20H34Sr. The third kappa shape index (κ3) is 4.25. The van der Waals surface area contributed by atoms with Crippen molar-refractivity contribution in [1.29, 1.82) is 0 Å². The fraction of sp³-hybridized carbons (Fsp3) is 0.600. The standard InChI is InChI=1S/2C10H16.Sr.2H/c2*1-6-7(2)9(4)10(5)8(6)3;;;/h2*6H,1-5H3;;;/q;;+2;2*-1. The van der Waals surface area contributed by atoms with Gasteiger partial charge in [-0.15, -0.1) is 0 Å². The van der Waals surface area contributed by atoms with Crippen LogP contribution in [-0.4, -0.2) is 45.5 Å². The van der Waals surface area contributed by atoms with E-state index in [0.717, 1.165) is 0 Å². The summed E-state index contributed by atoms with van der Waals surface area (Å²) in [6.07, 6.45) is 0. The van der Waals surface area contributed by atoms with Crippen molar-refractivity contribution in [2.75, 3.05) is 0 Å². The van der Waals surface area contributed by atoms with E-state index < -0.39 is 0 Å². The van der Waals surface area contributed by atoms with Gasteiger partial charge in [0.05, 0.1) is 0 Å². The first-order valence-corrected chi connectivity index (χ1v) is 7.81. The zero-order valence-electron chi connectivity index (χ0n) is 17.9. The van der Waals surface area contributed by atoms with Crippen LogP contribution in [-0.2, 0) is 0 Å². The molecule has 1 heteroatoms. The summed E-state index contributed by atoms with van der Waals surface area (Å²) < 4.78 is 0. The SMILES string of the molecule is CC1=C(C)C(C)C(C)=C1C.CC1=C(C)C(C)C(C)=C1C.[H-].[H-].[Sr+2]. The number of allylic oxidation sites excluding steroid dienone is 8. The Kier molecular flexibility index (Phi) is 8.51. The maximum Gasteiger partial charge on any atom is 2.00 e. The number of hydrogen-bond acceptors (Lipinski definition) is 0. The van der Waals surface area contributed by atoms with Crippen LogP contribution in [0.15, 0.2) is 44.6 Å². The summed E-state index contributed by atoms with van der Waals surface area (Å²) >= 11 is 0. The van der Waals surface area contributed by atoms with E-state index in [9.17, 15) is 0 Å². The Balaban J connectivity index is -0.000000308. The molecule has 0 aromatic carbocycles. The van der Waals surface area contributed by atoms with Crippen molar-refractivity contribution in [3.63, 3.8) is 0 Å². The predicted octanol–water partition coefficient (Wildman–Crippen LogP) is 6.46. The first-order chi connectivity index (χ1) is 9.11. The topological polar surface area (TPSA) is 0 Å². The van der Waals surface area contributed by atoms with Gasteiger partial charge >= 0.3 is 45.5 Å². The second-order valence-electron chi connectivity index (χ2n) is 6.68. The van der Waals surface area contributed by atoms with E-state index >= 15 is 0 Å². The molecule has 0 aromatic heterocycles. The summed E-state index contributed by atoms with van der Waals surface area (Å²) in [6.45, 7) is 22.4. The maximum absolute atomic E-state index is 2.28. The van der Waals surface area contributed by atoms with E-state index in [2.05, 4.69) is 69.2 Å². The zero-order chi connectivity index (χ0) is 15.8. The van der Waals surface area contributed by atoms with Gasteiger partial charge in [-0.1, -0.05) is 36.1 Å². The molecule has 2 aliphatic rings. The van der Waals surface area contributed by atoms with Crippen LogP contribution in [0.2, 0.25) is 0 Å². The first-order valence-electron chi connectivity index (χ1n) is 7.81. The van der Waals surface area contributed by atoms with Crippen molar-refractivity contribution >= 4 is 45.5 Å². The molecular weight excluding hydrogens is 328 g/mol. The van der Waals surface area contributed by atoms with Gasteiger partial charge in [0.1, 0.15) is 0 Å². The van der Waals surface area contributed by atoms with Crippen LogP contribution in [0.25, 0.3) is 0 Å². The molecule has 116 valence electrons. The molecule has 0 nitrogen and oxygen atoms in total. The predicted molar refractivity (Wildman–Crippen MR) is 99.8 cm³/mol. The molecule has 0 atom stereocenters. The maximum atomic E-state index is 2.28. The Morgan fingerprint density at radius 3 is 0.667 bits per heavy atom. The van der Waals surface area contributed by atoms with Crippen LogP contribution >= 0.6 is 0 Å². The van der Waals surface area contributed by atoms with E-state index in [0.29, 0.717) is 11.8 Å². The molecule has 0 heterocycles. The van der Waals surface area contributed by atoms with Gasteiger partial charge in [0, 0.05) is 0 Å². The van der Waals surface area contributed by atoms with Gasteiger partial charge in [0.15, 0.2) is 0 Å². The van der Waals surface area contributed by atoms with Crippen molar-refractivity contribution in [1.82, 2.24) is 0 Å². The fourth-order valence-electron chi connectivity index (χ4n) is 3.13. The van der Waals surface area contributed by atoms with Gasteiger partial charge in [0.25, 0.3) is 0 Å². The van der Waals surface area contributed by atoms with Crippen molar-refractivity contribution in [3.8, 4) is 0 Å². The van der Waals surface area contributed by atoms with Gasteiger partial charge < -0.3 is 2.85 Å². The van der Waals surface area contributed by atoms with Gasteiger partial charge in [-0.05, 0) is 89.5 Å². The molecule has 0 spiro atoms. The van der Waals surface area contributed by atoms with Gasteiger partial charge in [-0.25, -0.2) is 0 Å². The molecule has 0 bridgehead atoms. The minimum absolute atomic E-state index is 0. The van der Waals surface area contributed by atoms with Crippen LogP contribution < -0.4 is 0 Å². The summed E-state index contributed by atoms with van der Waals surface area (Å²) in [4.78, 5) is 0. The van der Waals surface area contributed by atoms with E-state index in [1.807, 2.05) is 0 Å². The largest absolute Gasteiger partial charge is 2.00 e. The molecule has 0 amide bonds. The average molecular weight is 362 g/mol. The summed E-state index contributed by atoms with van der Waals surface area (Å²) in [7, 11) is 0.